The maximum atomic E-state index is 11.7. The lowest BCUT2D eigenvalue weighted by Crippen LogP contribution is -2.44. The fourth-order valence-electron chi connectivity index (χ4n) is 1.43. The van der Waals surface area contributed by atoms with Gasteiger partial charge in [-0.2, -0.15) is 0 Å². The monoisotopic (exact) mass is 288 g/mol. The average Bonchev–Trinajstić information content (AvgIpc) is 2.35. The molecule has 0 spiro atoms. The van der Waals surface area contributed by atoms with Gasteiger partial charge >= 0.3 is 5.97 Å². The van der Waals surface area contributed by atoms with E-state index in [1.165, 1.54) is 24.3 Å². The van der Waals surface area contributed by atoms with Gasteiger partial charge in [0.05, 0.1) is 0 Å². The second-order valence-electron chi connectivity index (χ2n) is 3.88. The summed E-state index contributed by atoms with van der Waals surface area (Å²) in [5.41, 5.74) is 6.21. The first-order valence-corrected chi connectivity index (χ1v) is 5.53. The van der Waals surface area contributed by atoms with Crippen molar-refractivity contribution in [1.82, 2.24) is 5.32 Å². The van der Waals surface area contributed by atoms with Crippen LogP contribution in [0.3, 0.4) is 0 Å². The first-order chi connectivity index (χ1) is 8.45. The van der Waals surface area contributed by atoms with Crippen LogP contribution < -0.4 is 11.1 Å². The minimum atomic E-state index is -1.09. The molecule has 0 fully saturated rings. The molecule has 1 amide bonds. The van der Waals surface area contributed by atoms with E-state index in [9.17, 15) is 9.59 Å². The molecule has 1 rings (SSSR count). The summed E-state index contributed by atoms with van der Waals surface area (Å²) in [7, 11) is 0. The van der Waals surface area contributed by atoms with Gasteiger partial charge in [0.25, 0.3) is 0 Å². The van der Waals surface area contributed by atoms with Gasteiger partial charge in [0.2, 0.25) is 5.91 Å². The molecule has 0 aromatic heterocycles. The summed E-state index contributed by atoms with van der Waals surface area (Å²) in [5.74, 6) is -1.58. The number of aromatic hydroxyl groups is 1. The summed E-state index contributed by atoms with van der Waals surface area (Å²) in [6, 6.07) is 3.95. The van der Waals surface area contributed by atoms with Crippen molar-refractivity contribution < 1.29 is 19.8 Å². The Hall–Kier alpha value is -1.79. The number of carbonyl (C=O) groups is 2. The van der Waals surface area contributed by atoms with Gasteiger partial charge in [0.15, 0.2) is 0 Å². The Kier molecular flexibility index (Phi) is 6.89. The van der Waals surface area contributed by atoms with Crippen LogP contribution in [-0.2, 0) is 9.59 Å². The Bertz CT molecular complexity index is 436. The lowest BCUT2D eigenvalue weighted by Gasteiger charge is -2.16. The summed E-state index contributed by atoms with van der Waals surface area (Å²) < 4.78 is 0. The van der Waals surface area contributed by atoms with E-state index < -0.39 is 24.0 Å². The first-order valence-electron chi connectivity index (χ1n) is 5.53. The predicted octanol–water partition coefficient (Wildman–Crippen LogP) is 0.793. The number of phenols is 1. The van der Waals surface area contributed by atoms with Gasteiger partial charge in [-0.1, -0.05) is 19.1 Å². The van der Waals surface area contributed by atoms with Crippen molar-refractivity contribution in [2.24, 2.45) is 5.73 Å². The van der Waals surface area contributed by atoms with Crippen LogP contribution in [0.2, 0.25) is 0 Å². The van der Waals surface area contributed by atoms with Crippen molar-refractivity contribution in [2.45, 2.75) is 25.4 Å². The van der Waals surface area contributed by atoms with Crippen LogP contribution in [0.5, 0.6) is 5.75 Å². The van der Waals surface area contributed by atoms with E-state index in [0.717, 1.165) is 0 Å². The minimum Gasteiger partial charge on any atom is -0.508 e. The van der Waals surface area contributed by atoms with Crippen LogP contribution in [0.1, 0.15) is 24.9 Å². The maximum Gasteiger partial charge on any atom is 0.326 e. The van der Waals surface area contributed by atoms with E-state index in [-0.39, 0.29) is 24.6 Å². The number of halogens is 1. The molecule has 19 heavy (non-hydrogen) atoms. The van der Waals surface area contributed by atoms with Crippen molar-refractivity contribution >= 4 is 24.3 Å². The van der Waals surface area contributed by atoms with Crippen LogP contribution >= 0.6 is 12.4 Å². The van der Waals surface area contributed by atoms with E-state index in [4.69, 9.17) is 15.9 Å². The van der Waals surface area contributed by atoms with Crippen molar-refractivity contribution in [3.63, 3.8) is 0 Å². The molecule has 0 unspecified atom stereocenters. The number of aliphatic carboxylic acids is 1. The highest BCUT2D eigenvalue weighted by Crippen LogP contribution is 2.15. The lowest BCUT2D eigenvalue weighted by atomic mass is 10.1. The number of amides is 1. The normalized spacial score (nSPS) is 12.9. The number of nitrogens with two attached hydrogens (primary N) is 1. The number of carboxylic acids is 1. The molecule has 0 radical (unpaired) electrons. The standard InChI is InChI=1S/C12H16N2O4.ClH/c1-2-9(12(17)18)14-11(16)10(13)7-3-5-8(15)6-4-7;/h3-6,9-10,15H,2,13H2,1H3,(H,14,16)(H,17,18);1H/t9-,10+;/m0./s1. The molecule has 0 aliphatic carbocycles. The van der Waals surface area contributed by atoms with Crippen molar-refractivity contribution in [1.29, 1.82) is 0 Å². The van der Waals surface area contributed by atoms with Crippen LogP contribution in [-0.4, -0.2) is 28.1 Å². The van der Waals surface area contributed by atoms with Crippen LogP contribution in [0.4, 0.5) is 0 Å². The third kappa shape index (κ3) is 4.76. The topological polar surface area (TPSA) is 113 Å². The summed E-state index contributed by atoms with van der Waals surface area (Å²) in [6.07, 6.45) is 0.281. The maximum absolute atomic E-state index is 11.7. The molecular formula is C12H17ClN2O4. The molecule has 1 aromatic rings. The zero-order valence-electron chi connectivity index (χ0n) is 10.4. The fraction of sp³-hybridized carbons (Fsp3) is 0.333. The number of hydrogen-bond donors (Lipinski definition) is 4. The van der Waals surface area contributed by atoms with Crippen molar-refractivity contribution in [2.75, 3.05) is 0 Å². The molecule has 0 saturated carbocycles. The Morgan fingerprint density at radius 1 is 1.32 bits per heavy atom. The molecule has 0 bridgehead atoms. The van der Waals surface area contributed by atoms with Gasteiger partial charge in [-0.25, -0.2) is 4.79 Å². The molecule has 0 heterocycles. The Morgan fingerprint density at radius 3 is 2.26 bits per heavy atom. The van der Waals surface area contributed by atoms with Gasteiger partial charge in [-0.15, -0.1) is 12.4 Å². The highest BCUT2D eigenvalue weighted by atomic mass is 35.5. The average molecular weight is 289 g/mol. The first kappa shape index (κ1) is 17.2. The smallest absolute Gasteiger partial charge is 0.326 e. The SMILES string of the molecule is CC[C@H](NC(=O)[C@H](N)c1ccc(O)cc1)C(=O)O.Cl. The van der Waals surface area contributed by atoms with E-state index in [2.05, 4.69) is 5.32 Å². The van der Waals surface area contributed by atoms with Crippen LogP contribution in [0.25, 0.3) is 0 Å². The molecular weight excluding hydrogens is 272 g/mol. The van der Waals surface area contributed by atoms with E-state index in [0.29, 0.717) is 5.56 Å². The van der Waals surface area contributed by atoms with E-state index in [1.54, 1.807) is 6.92 Å². The number of benzene rings is 1. The number of carbonyl (C=O) groups excluding carboxylic acids is 1. The number of phenolic OH excluding ortho intramolecular Hbond substituents is 1. The second-order valence-corrected chi connectivity index (χ2v) is 3.88. The fourth-order valence-corrected chi connectivity index (χ4v) is 1.43. The van der Waals surface area contributed by atoms with Gasteiger partial charge in [-0.05, 0) is 24.1 Å². The number of carboxylic acid groups (broad SMARTS) is 1. The Balaban J connectivity index is 0.00000324. The van der Waals surface area contributed by atoms with Gasteiger partial charge in [-0.3, -0.25) is 4.79 Å². The Labute approximate surface area is 117 Å². The molecule has 6 nitrogen and oxygen atoms in total. The molecule has 7 heteroatoms. The quantitative estimate of drug-likeness (QED) is 0.640. The third-order valence-electron chi connectivity index (χ3n) is 2.56. The predicted molar refractivity (Wildman–Crippen MR) is 72.1 cm³/mol. The van der Waals surface area contributed by atoms with Crippen molar-refractivity contribution in [3.05, 3.63) is 29.8 Å². The number of hydrogen-bond acceptors (Lipinski definition) is 4. The van der Waals surface area contributed by atoms with Gasteiger partial charge in [0, 0.05) is 0 Å². The highest BCUT2D eigenvalue weighted by molar-refractivity contribution is 5.87. The second kappa shape index (κ2) is 7.60. The van der Waals surface area contributed by atoms with E-state index >= 15 is 0 Å². The zero-order chi connectivity index (χ0) is 13.7. The molecule has 2 atom stereocenters. The molecule has 5 N–H and O–H groups in total. The summed E-state index contributed by atoms with van der Waals surface area (Å²) in [4.78, 5) is 22.5. The van der Waals surface area contributed by atoms with Gasteiger partial charge < -0.3 is 21.3 Å². The highest BCUT2D eigenvalue weighted by Gasteiger charge is 2.22. The third-order valence-corrected chi connectivity index (χ3v) is 2.56. The van der Waals surface area contributed by atoms with Gasteiger partial charge in [0.1, 0.15) is 17.8 Å². The summed E-state index contributed by atoms with van der Waals surface area (Å²) in [5, 5.41) is 20.3. The van der Waals surface area contributed by atoms with Crippen LogP contribution in [0, 0.1) is 0 Å². The van der Waals surface area contributed by atoms with Crippen molar-refractivity contribution in [3.8, 4) is 5.75 Å². The summed E-state index contributed by atoms with van der Waals surface area (Å²) >= 11 is 0. The zero-order valence-corrected chi connectivity index (χ0v) is 11.2. The molecule has 0 aliphatic heterocycles. The summed E-state index contributed by atoms with van der Waals surface area (Å²) in [6.45, 7) is 1.66. The largest absolute Gasteiger partial charge is 0.508 e. The molecule has 0 saturated heterocycles. The minimum absolute atomic E-state index is 0. The van der Waals surface area contributed by atoms with Crippen LogP contribution in [0.15, 0.2) is 24.3 Å². The molecule has 0 aliphatic rings. The van der Waals surface area contributed by atoms with E-state index in [1.807, 2.05) is 0 Å². The molecule has 1 aromatic carbocycles. The Morgan fingerprint density at radius 2 is 1.84 bits per heavy atom. The number of nitrogens with one attached hydrogen (secondary N) is 1. The lowest BCUT2D eigenvalue weighted by molar-refractivity contribution is -0.142. The number of rotatable bonds is 5. The molecule has 106 valence electrons.